The number of hydrogen-bond acceptors (Lipinski definition) is 3. The number of carbonyl (C=O) groups excluding carboxylic acids is 1. The van der Waals surface area contributed by atoms with E-state index in [2.05, 4.69) is 0 Å². The second kappa shape index (κ2) is 5.74. The summed E-state index contributed by atoms with van der Waals surface area (Å²) in [6.07, 6.45) is 0.0215. The summed E-state index contributed by atoms with van der Waals surface area (Å²) in [6.45, 7) is 2.03. The lowest BCUT2D eigenvalue weighted by Gasteiger charge is -2.06. The zero-order valence-corrected chi connectivity index (χ0v) is 10.1. The standard InChI is InChI=1S/C11H9Cl2NO2/c1-2-16-10(15)5-7-3-4-9(12)11(13)8(7)6-14/h3-4H,2,5H2,1H3. The molecule has 16 heavy (non-hydrogen) atoms. The maximum absolute atomic E-state index is 11.3. The molecule has 0 radical (unpaired) electrons. The van der Waals surface area contributed by atoms with Gasteiger partial charge in [0.25, 0.3) is 0 Å². The van der Waals surface area contributed by atoms with E-state index in [9.17, 15) is 4.79 Å². The lowest BCUT2D eigenvalue weighted by atomic mass is 10.1. The summed E-state index contributed by atoms with van der Waals surface area (Å²) in [4.78, 5) is 11.3. The average Bonchev–Trinajstić information content (AvgIpc) is 2.24. The quantitative estimate of drug-likeness (QED) is 0.783. The molecule has 0 bridgehead atoms. The largest absolute Gasteiger partial charge is 0.466 e. The fourth-order valence-corrected chi connectivity index (χ4v) is 1.61. The van der Waals surface area contributed by atoms with Crippen molar-refractivity contribution < 1.29 is 9.53 Å². The number of benzene rings is 1. The fourth-order valence-electron chi connectivity index (χ4n) is 1.23. The van der Waals surface area contributed by atoms with E-state index in [0.717, 1.165) is 0 Å². The number of carbonyl (C=O) groups is 1. The molecule has 3 nitrogen and oxygen atoms in total. The van der Waals surface area contributed by atoms with Crippen LogP contribution < -0.4 is 0 Å². The smallest absolute Gasteiger partial charge is 0.310 e. The molecule has 0 amide bonds. The number of hydrogen-bond donors (Lipinski definition) is 0. The first-order valence-electron chi connectivity index (χ1n) is 4.62. The van der Waals surface area contributed by atoms with Gasteiger partial charge >= 0.3 is 5.97 Å². The van der Waals surface area contributed by atoms with E-state index in [1.54, 1.807) is 19.1 Å². The summed E-state index contributed by atoms with van der Waals surface area (Å²) >= 11 is 11.6. The molecule has 1 aromatic rings. The predicted molar refractivity (Wildman–Crippen MR) is 61.5 cm³/mol. The van der Waals surface area contributed by atoms with Gasteiger partial charge in [-0.3, -0.25) is 4.79 Å². The summed E-state index contributed by atoms with van der Waals surface area (Å²) in [5.41, 5.74) is 0.748. The molecule has 0 N–H and O–H groups in total. The van der Waals surface area contributed by atoms with Crippen molar-refractivity contribution in [3.63, 3.8) is 0 Å². The van der Waals surface area contributed by atoms with Gasteiger partial charge in [0.2, 0.25) is 0 Å². The van der Waals surface area contributed by atoms with Crippen LogP contribution in [-0.4, -0.2) is 12.6 Å². The van der Waals surface area contributed by atoms with Gasteiger partial charge in [-0.15, -0.1) is 0 Å². The molecule has 0 atom stereocenters. The van der Waals surface area contributed by atoms with E-state index in [1.807, 2.05) is 6.07 Å². The maximum Gasteiger partial charge on any atom is 0.310 e. The van der Waals surface area contributed by atoms with Crippen LogP contribution in [0.5, 0.6) is 0 Å². The number of rotatable bonds is 3. The average molecular weight is 258 g/mol. The van der Waals surface area contributed by atoms with E-state index in [-0.39, 0.29) is 17.0 Å². The van der Waals surface area contributed by atoms with Crippen LogP contribution in [0.3, 0.4) is 0 Å². The highest BCUT2D eigenvalue weighted by molar-refractivity contribution is 6.42. The first kappa shape index (κ1) is 12.8. The first-order valence-corrected chi connectivity index (χ1v) is 5.38. The maximum atomic E-state index is 11.3. The summed E-state index contributed by atoms with van der Waals surface area (Å²) in [7, 11) is 0. The molecule has 0 saturated carbocycles. The van der Waals surface area contributed by atoms with E-state index >= 15 is 0 Å². The Bertz CT molecular complexity index is 452. The molecule has 0 aliphatic carbocycles. The molecule has 0 unspecified atom stereocenters. The highest BCUT2D eigenvalue weighted by Crippen LogP contribution is 2.28. The Hall–Kier alpha value is -1.24. The van der Waals surface area contributed by atoms with Gasteiger partial charge in [-0.05, 0) is 18.6 Å². The van der Waals surface area contributed by atoms with Gasteiger partial charge in [0.15, 0.2) is 0 Å². The Morgan fingerprint density at radius 1 is 1.50 bits per heavy atom. The van der Waals surface area contributed by atoms with E-state index < -0.39 is 5.97 Å². The lowest BCUT2D eigenvalue weighted by Crippen LogP contribution is -2.08. The van der Waals surface area contributed by atoms with E-state index in [4.69, 9.17) is 33.2 Å². The monoisotopic (exact) mass is 257 g/mol. The van der Waals surface area contributed by atoms with Crippen molar-refractivity contribution >= 4 is 29.2 Å². The third-order valence-corrected chi connectivity index (χ3v) is 2.74. The van der Waals surface area contributed by atoms with Crippen LogP contribution >= 0.6 is 23.2 Å². The van der Waals surface area contributed by atoms with Crippen LogP contribution in [-0.2, 0) is 16.0 Å². The Kier molecular flexibility index (Phi) is 4.60. The molecule has 0 aliphatic rings. The molecule has 0 aliphatic heterocycles. The molecule has 1 rings (SSSR count). The minimum absolute atomic E-state index is 0.0215. The van der Waals surface area contributed by atoms with Crippen molar-refractivity contribution in [1.29, 1.82) is 5.26 Å². The van der Waals surface area contributed by atoms with Crippen molar-refractivity contribution in [3.05, 3.63) is 33.3 Å². The summed E-state index contributed by atoms with van der Waals surface area (Å²) in [5, 5.41) is 9.39. The zero-order chi connectivity index (χ0) is 12.1. The van der Waals surface area contributed by atoms with E-state index in [1.165, 1.54) is 0 Å². The van der Waals surface area contributed by atoms with Gasteiger partial charge < -0.3 is 4.74 Å². The third kappa shape index (κ3) is 2.88. The summed E-state index contributed by atoms with van der Waals surface area (Å²) < 4.78 is 4.79. The van der Waals surface area contributed by atoms with Crippen LogP contribution in [0.1, 0.15) is 18.1 Å². The van der Waals surface area contributed by atoms with Crippen molar-refractivity contribution in [1.82, 2.24) is 0 Å². The van der Waals surface area contributed by atoms with Gasteiger partial charge in [-0.2, -0.15) is 5.26 Å². The van der Waals surface area contributed by atoms with Crippen molar-refractivity contribution in [2.45, 2.75) is 13.3 Å². The topological polar surface area (TPSA) is 50.1 Å². The number of nitrogens with zero attached hydrogens (tertiary/aromatic N) is 1. The Labute approximate surface area is 104 Å². The Balaban J connectivity index is 3.02. The molecule has 1 aromatic carbocycles. The molecule has 0 spiro atoms. The summed E-state index contributed by atoms with van der Waals surface area (Å²) in [6, 6.07) is 5.08. The number of nitriles is 1. The number of ether oxygens (including phenoxy) is 1. The van der Waals surface area contributed by atoms with Crippen molar-refractivity contribution in [2.24, 2.45) is 0 Å². The van der Waals surface area contributed by atoms with E-state index in [0.29, 0.717) is 17.2 Å². The van der Waals surface area contributed by atoms with Crippen molar-refractivity contribution in [3.8, 4) is 6.07 Å². The Morgan fingerprint density at radius 2 is 2.19 bits per heavy atom. The zero-order valence-electron chi connectivity index (χ0n) is 8.59. The first-order chi connectivity index (χ1) is 7.60. The normalized spacial score (nSPS) is 9.62. The lowest BCUT2D eigenvalue weighted by molar-refractivity contribution is -0.142. The second-order valence-corrected chi connectivity index (χ2v) is 3.77. The van der Waals surface area contributed by atoms with Crippen LogP contribution in [0.15, 0.2) is 12.1 Å². The molecule has 0 fully saturated rings. The number of esters is 1. The SMILES string of the molecule is CCOC(=O)Cc1ccc(Cl)c(Cl)c1C#N. The van der Waals surface area contributed by atoms with Gasteiger partial charge in [-0.25, -0.2) is 0 Å². The molecule has 0 saturated heterocycles. The third-order valence-electron chi connectivity index (χ3n) is 1.93. The van der Waals surface area contributed by atoms with Crippen molar-refractivity contribution in [2.75, 3.05) is 6.61 Å². The van der Waals surface area contributed by atoms with Crippen LogP contribution in [0.2, 0.25) is 10.0 Å². The molecule has 0 aromatic heterocycles. The van der Waals surface area contributed by atoms with Gasteiger partial charge in [0.05, 0.1) is 28.6 Å². The number of halogens is 2. The van der Waals surface area contributed by atoms with Gasteiger partial charge in [0, 0.05) is 0 Å². The minimum atomic E-state index is -0.391. The van der Waals surface area contributed by atoms with Crippen LogP contribution in [0.25, 0.3) is 0 Å². The van der Waals surface area contributed by atoms with Gasteiger partial charge in [-0.1, -0.05) is 29.3 Å². The van der Waals surface area contributed by atoms with Crippen LogP contribution in [0, 0.1) is 11.3 Å². The van der Waals surface area contributed by atoms with Crippen LogP contribution in [0.4, 0.5) is 0 Å². The predicted octanol–water partition coefficient (Wildman–Crippen LogP) is 2.97. The fraction of sp³-hybridized carbons (Fsp3) is 0.273. The summed E-state index contributed by atoms with van der Waals surface area (Å²) in [5.74, 6) is -0.391. The molecule has 0 heterocycles. The minimum Gasteiger partial charge on any atom is -0.466 e. The van der Waals surface area contributed by atoms with Gasteiger partial charge in [0.1, 0.15) is 6.07 Å². The molecule has 5 heteroatoms. The Morgan fingerprint density at radius 3 is 2.75 bits per heavy atom. The highest BCUT2D eigenvalue weighted by Gasteiger charge is 2.13. The molecular weight excluding hydrogens is 249 g/mol. The highest BCUT2D eigenvalue weighted by atomic mass is 35.5. The molecule has 84 valence electrons. The molecular formula is C11H9Cl2NO2. The second-order valence-electron chi connectivity index (χ2n) is 2.99.